The number of hydrogen-bond acceptors (Lipinski definition) is 4. The SMILES string of the molecule is CC(CCCCO)C1CC[C@H]2/C(=C/C=C3/C[C@@H](O)C[C@H](O)C3=O)CCC[C@]12C. The second-order valence-corrected chi connectivity index (χ2v) is 9.70. The second-order valence-electron chi connectivity index (χ2n) is 9.70. The van der Waals surface area contributed by atoms with Crippen LogP contribution in [0.15, 0.2) is 23.3 Å². The van der Waals surface area contributed by atoms with E-state index in [-0.39, 0.29) is 12.2 Å². The predicted octanol–water partition coefficient (Wildman–Crippen LogP) is 3.94. The number of Topliss-reactive ketones (excluding diaryl/α,β-unsaturated/α-hetero) is 1. The topological polar surface area (TPSA) is 77.8 Å². The molecular weight excluding hydrogens is 352 g/mol. The van der Waals surface area contributed by atoms with E-state index < -0.39 is 12.2 Å². The van der Waals surface area contributed by atoms with Gasteiger partial charge in [0.2, 0.25) is 0 Å². The number of hydrogen-bond donors (Lipinski definition) is 3. The van der Waals surface area contributed by atoms with Crippen LogP contribution in [0.3, 0.4) is 0 Å². The molecule has 158 valence electrons. The van der Waals surface area contributed by atoms with Gasteiger partial charge in [0.15, 0.2) is 5.78 Å². The highest BCUT2D eigenvalue weighted by Crippen LogP contribution is 2.59. The lowest BCUT2D eigenvalue weighted by molar-refractivity contribution is -0.127. The van der Waals surface area contributed by atoms with Crippen molar-refractivity contribution in [1.82, 2.24) is 0 Å². The quantitative estimate of drug-likeness (QED) is 0.474. The molecule has 3 rings (SSSR count). The number of aliphatic hydroxyl groups excluding tert-OH is 3. The van der Waals surface area contributed by atoms with Crippen LogP contribution in [0.25, 0.3) is 0 Å². The summed E-state index contributed by atoms with van der Waals surface area (Å²) in [5.74, 6) is 1.77. The van der Waals surface area contributed by atoms with Gasteiger partial charge < -0.3 is 15.3 Å². The molecule has 0 aromatic rings. The molecule has 2 unspecified atom stereocenters. The summed E-state index contributed by atoms with van der Waals surface area (Å²) in [6.45, 7) is 5.15. The van der Waals surface area contributed by atoms with Gasteiger partial charge in [0, 0.05) is 25.0 Å². The molecular formula is C24H38O4. The number of carbonyl (C=O) groups is 1. The van der Waals surface area contributed by atoms with E-state index in [1.807, 2.05) is 6.08 Å². The molecule has 3 saturated carbocycles. The van der Waals surface area contributed by atoms with Crippen molar-refractivity contribution in [2.24, 2.45) is 23.2 Å². The summed E-state index contributed by atoms with van der Waals surface area (Å²) in [5.41, 5.74) is 2.35. The monoisotopic (exact) mass is 390 g/mol. The van der Waals surface area contributed by atoms with Crippen LogP contribution in [0.1, 0.15) is 78.1 Å². The van der Waals surface area contributed by atoms with Crippen LogP contribution in [0.2, 0.25) is 0 Å². The first kappa shape index (κ1) is 21.7. The third-order valence-corrected chi connectivity index (χ3v) is 7.86. The average molecular weight is 391 g/mol. The van der Waals surface area contributed by atoms with E-state index >= 15 is 0 Å². The summed E-state index contributed by atoms with van der Waals surface area (Å²) >= 11 is 0. The van der Waals surface area contributed by atoms with Gasteiger partial charge >= 0.3 is 0 Å². The van der Waals surface area contributed by atoms with E-state index in [2.05, 4.69) is 19.9 Å². The van der Waals surface area contributed by atoms with Crippen molar-refractivity contribution in [3.05, 3.63) is 23.3 Å². The number of rotatable bonds is 6. The Morgan fingerprint density at radius 3 is 2.75 bits per heavy atom. The molecule has 3 aliphatic carbocycles. The molecule has 4 nitrogen and oxygen atoms in total. The van der Waals surface area contributed by atoms with Crippen LogP contribution in [0, 0.1) is 23.2 Å². The predicted molar refractivity (Wildman–Crippen MR) is 111 cm³/mol. The molecule has 6 atom stereocenters. The maximum absolute atomic E-state index is 12.2. The largest absolute Gasteiger partial charge is 0.396 e. The average Bonchev–Trinajstić information content (AvgIpc) is 3.01. The number of unbranched alkanes of at least 4 members (excludes halogenated alkanes) is 1. The number of aliphatic hydroxyl groups is 3. The number of allylic oxidation sites excluding steroid dienone is 3. The third-order valence-electron chi connectivity index (χ3n) is 7.86. The number of carbonyl (C=O) groups excluding carboxylic acids is 1. The second kappa shape index (κ2) is 9.23. The summed E-state index contributed by atoms with van der Waals surface area (Å²) in [6.07, 6.45) is 12.1. The van der Waals surface area contributed by atoms with Gasteiger partial charge in [-0.2, -0.15) is 0 Å². The zero-order chi connectivity index (χ0) is 20.3. The highest BCUT2D eigenvalue weighted by molar-refractivity contribution is 5.99. The molecule has 0 aromatic heterocycles. The van der Waals surface area contributed by atoms with Crippen molar-refractivity contribution >= 4 is 5.78 Å². The van der Waals surface area contributed by atoms with Crippen LogP contribution >= 0.6 is 0 Å². The fraction of sp³-hybridized carbons (Fsp3) is 0.792. The maximum atomic E-state index is 12.2. The van der Waals surface area contributed by atoms with Crippen molar-refractivity contribution in [3.63, 3.8) is 0 Å². The normalized spacial score (nSPS) is 40.1. The summed E-state index contributed by atoms with van der Waals surface area (Å²) in [7, 11) is 0. The Balaban J connectivity index is 1.74. The van der Waals surface area contributed by atoms with E-state index in [1.54, 1.807) is 0 Å². The fourth-order valence-electron chi connectivity index (χ4n) is 6.37. The van der Waals surface area contributed by atoms with Crippen molar-refractivity contribution in [3.8, 4) is 0 Å². The summed E-state index contributed by atoms with van der Waals surface area (Å²) in [4.78, 5) is 12.2. The lowest BCUT2D eigenvalue weighted by Crippen LogP contribution is -2.36. The Labute approximate surface area is 169 Å². The molecule has 3 N–H and O–H groups in total. The van der Waals surface area contributed by atoms with E-state index in [4.69, 9.17) is 5.11 Å². The van der Waals surface area contributed by atoms with Gasteiger partial charge in [0.1, 0.15) is 6.10 Å². The lowest BCUT2D eigenvalue weighted by atomic mass is 9.60. The van der Waals surface area contributed by atoms with Crippen LogP contribution in [-0.4, -0.2) is 39.9 Å². The summed E-state index contributed by atoms with van der Waals surface area (Å²) in [5, 5.41) is 28.8. The van der Waals surface area contributed by atoms with E-state index in [0.717, 1.165) is 25.2 Å². The van der Waals surface area contributed by atoms with Gasteiger partial charge in [-0.3, -0.25) is 4.79 Å². The smallest absolute Gasteiger partial charge is 0.187 e. The first-order chi connectivity index (χ1) is 13.4. The molecule has 0 amide bonds. The zero-order valence-corrected chi connectivity index (χ0v) is 17.6. The molecule has 28 heavy (non-hydrogen) atoms. The molecule has 3 fully saturated rings. The van der Waals surface area contributed by atoms with Crippen molar-refractivity contribution < 1.29 is 20.1 Å². The zero-order valence-electron chi connectivity index (χ0n) is 17.6. The van der Waals surface area contributed by atoms with Crippen LogP contribution < -0.4 is 0 Å². The molecule has 0 aliphatic heterocycles. The molecule has 0 radical (unpaired) electrons. The summed E-state index contributed by atoms with van der Waals surface area (Å²) < 4.78 is 0. The first-order valence-corrected chi connectivity index (χ1v) is 11.3. The Hall–Kier alpha value is -0.970. The highest BCUT2D eigenvalue weighted by Gasteiger charge is 2.50. The van der Waals surface area contributed by atoms with Gasteiger partial charge in [0.25, 0.3) is 0 Å². The van der Waals surface area contributed by atoms with E-state index in [0.29, 0.717) is 35.9 Å². The van der Waals surface area contributed by atoms with Crippen LogP contribution in [0.5, 0.6) is 0 Å². The van der Waals surface area contributed by atoms with E-state index in [9.17, 15) is 15.0 Å². The van der Waals surface area contributed by atoms with Gasteiger partial charge in [-0.05, 0) is 61.7 Å². The van der Waals surface area contributed by atoms with Crippen molar-refractivity contribution in [2.75, 3.05) is 6.61 Å². The molecule has 3 aliphatic rings. The van der Waals surface area contributed by atoms with Gasteiger partial charge in [-0.25, -0.2) is 0 Å². The van der Waals surface area contributed by atoms with Gasteiger partial charge in [-0.1, -0.05) is 44.4 Å². The number of ketones is 1. The molecule has 4 heteroatoms. The highest BCUT2D eigenvalue weighted by atomic mass is 16.3. The van der Waals surface area contributed by atoms with E-state index in [1.165, 1.54) is 37.7 Å². The third kappa shape index (κ3) is 4.44. The Morgan fingerprint density at radius 2 is 2.00 bits per heavy atom. The van der Waals surface area contributed by atoms with Crippen LogP contribution in [-0.2, 0) is 4.79 Å². The maximum Gasteiger partial charge on any atom is 0.187 e. The lowest BCUT2D eigenvalue weighted by Gasteiger charge is -2.44. The Morgan fingerprint density at radius 1 is 1.21 bits per heavy atom. The minimum atomic E-state index is -1.05. The first-order valence-electron chi connectivity index (χ1n) is 11.3. The fourth-order valence-corrected chi connectivity index (χ4v) is 6.37. The molecule has 0 bridgehead atoms. The molecule has 0 saturated heterocycles. The summed E-state index contributed by atoms with van der Waals surface area (Å²) in [6, 6.07) is 0. The minimum absolute atomic E-state index is 0.156. The van der Waals surface area contributed by atoms with Crippen LogP contribution in [0.4, 0.5) is 0 Å². The number of fused-ring (bicyclic) bond motifs is 1. The standard InChI is InChI=1S/C24H38O4/c1-16(6-3-4-13-25)20-10-11-21-17(7-5-12-24(20,21)2)8-9-18-14-19(26)15-22(27)23(18)28/h8-9,16,19-22,25-27H,3-7,10-15H2,1-2H3/b17-8+,18-9-/t16?,19-,20?,21+,22+,24-/m1/s1. The molecule has 0 spiro atoms. The molecule has 0 heterocycles. The Bertz CT molecular complexity index is 622. The van der Waals surface area contributed by atoms with Gasteiger partial charge in [0.05, 0.1) is 6.10 Å². The van der Waals surface area contributed by atoms with Crippen molar-refractivity contribution in [1.29, 1.82) is 0 Å². The van der Waals surface area contributed by atoms with Crippen molar-refractivity contribution in [2.45, 2.75) is 90.3 Å². The van der Waals surface area contributed by atoms with Gasteiger partial charge in [-0.15, -0.1) is 0 Å². The Kier molecular flexibility index (Phi) is 7.17. The molecule has 0 aromatic carbocycles. The minimum Gasteiger partial charge on any atom is -0.396 e.